The molecule has 1 unspecified atom stereocenters. The Balaban J connectivity index is 2.58. The van der Waals surface area contributed by atoms with Crippen molar-refractivity contribution in [1.82, 2.24) is 5.32 Å². The Morgan fingerprint density at radius 2 is 0.975 bits per heavy atom. The summed E-state index contributed by atoms with van der Waals surface area (Å²) in [5, 5.41) is 2.85. The lowest BCUT2D eigenvalue weighted by Gasteiger charge is -2.46. The van der Waals surface area contributed by atoms with Gasteiger partial charge >= 0.3 is 24.7 Å². The van der Waals surface area contributed by atoms with Crippen molar-refractivity contribution < 1.29 is 57.1 Å². The van der Waals surface area contributed by atoms with Gasteiger partial charge in [0, 0.05) is 6.04 Å². The maximum Gasteiger partial charge on any atom is 0.416 e. The Labute approximate surface area is 222 Å². The van der Waals surface area contributed by atoms with E-state index in [4.69, 9.17) is 4.43 Å². The van der Waals surface area contributed by atoms with Gasteiger partial charge in [-0.25, -0.2) is 0 Å². The van der Waals surface area contributed by atoms with Gasteiger partial charge in [-0.3, -0.25) is 0 Å². The number of rotatable bonds is 6. The summed E-state index contributed by atoms with van der Waals surface area (Å²) in [5.41, 5.74) is -11.4. The van der Waals surface area contributed by atoms with Gasteiger partial charge in [-0.1, -0.05) is 6.92 Å². The largest absolute Gasteiger partial charge is 0.416 e. The molecule has 1 fully saturated rings. The van der Waals surface area contributed by atoms with Crippen LogP contribution in [-0.2, 0) is 34.7 Å². The number of hydrogen-bond acceptors (Lipinski definition) is 2. The summed E-state index contributed by atoms with van der Waals surface area (Å²) in [6.45, 7) is 4.79. The first-order valence-corrected chi connectivity index (χ1v) is 15.2. The predicted molar refractivity (Wildman–Crippen MR) is 124 cm³/mol. The summed E-state index contributed by atoms with van der Waals surface area (Å²) in [5.74, 6) is 0. The minimum atomic E-state index is -5.33. The van der Waals surface area contributed by atoms with E-state index in [9.17, 15) is 52.7 Å². The van der Waals surface area contributed by atoms with Crippen LogP contribution in [-0.4, -0.2) is 20.9 Å². The first-order valence-electron chi connectivity index (χ1n) is 12.0. The lowest BCUT2D eigenvalue weighted by molar-refractivity contribution is -0.144. The molecule has 2 nitrogen and oxygen atoms in total. The summed E-state index contributed by atoms with van der Waals surface area (Å²) < 4.78 is 172. The molecule has 224 valence electrons. The normalized spacial score (nSPS) is 17.9. The lowest BCUT2D eigenvalue weighted by Crippen LogP contribution is -2.54. The highest BCUT2D eigenvalue weighted by Gasteiger charge is 2.51. The molecule has 0 spiro atoms. The van der Waals surface area contributed by atoms with Crippen molar-refractivity contribution in [2.24, 2.45) is 0 Å². The van der Waals surface area contributed by atoms with E-state index in [1.165, 1.54) is 13.1 Å². The number of benzene rings is 2. The highest BCUT2D eigenvalue weighted by molar-refractivity contribution is 6.71. The van der Waals surface area contributed by atoms with Crippen molar-refractivity contribution in [1.29, 1.82) is 0 Å². The van der Waals surface area contributed by atoms with E-state index >= 15 is 0 Å². The van der Waals surface area contributed by atoms with Gasteiger partial charge in [0.05, 0.1) is 22.3 Å². The van der Waals surface area contributed by atoms with Crippen molar-refractivity contribution in [2.45, 2.75) is 75.3 Å². The van der Waals surface area contributed by atoms with Crippen LogP contribution in [0.2, 0.25) is 19.1 Å². The van der Waals surface area contributed by atoms with Crippen LogP contribution in [0.15, 0.2) is 36.4 Å². The minimum Gasteiger partial charge on any atom is -0.402 e. The van der Waals surface area contributed by atoms with E-state index in [1.54, 1.807) is 6.92 Å². The Morgan fingerprint density at radius 3 is 1.23 bits per heavy atom. The second kappa shape index (κ2) is 10.5. The Hall–Kier alpha value is -2.26. The Kier molecular flexibility index (Phi) is 8.49. The molecule has 1 saturated heterocycles. The van der Waals surface area contributed by atoms with E-state index < -0.39 is 78.0 Å². The van der Waals surface area contributed by atoms with Crippen LogP contribution >= 0.6 is 0 Å². The third kappa shape index (κ3) is 6.78. The fraction of sp³-hybridized carbons (Fsp3) is 0.520. The number of alkyl halides is 12. The van der Waals surface area contributed by atoms with Crippen molar-refractivity contribution in [3.05, 3.63) is 69.8 Å². The molecule has 0 aromatic heterocycles. The molecule has 15 heteroatoms. The average molecular weight is 612 g/mol. The topological polar surface area (TPSA) is 21.3 Å². The molecule has 0 amide bonds. The zero-order chi connectivity index (χ0) is 30.5. The second-order valence-corrected chi connectivity index (χ2v) is 14.6. The van der Waals surface area contributed by atoms with Gasteiger partial charge in [-0.05, 0) is 86.0 Å². The fourth-order valence-electron chi connectivity index (χ4n) is 4.64. The minimum absolute atomic E-state index is 0.0105. The zero-order valence-electron chi connectivity index (χ0n) is 21.3. The monoisotopic (exact) mass is 611 g/mol. The molecule has 0 saturated carbocycles. The van der Waals surface area contributed by atoms with Crippen molar-refractivity contribution in [2.75, 3.05) is 6.54 Å². The van der Waals surface area contributed by atoms with Crippen LogP contribution in [0, 0.1) is 0 Å². The van der Waals surface area contributed by atoms with Gasteiger partial charge in [0.25, 0.3) is 0 Å². The average Bonchev–Trinajstić information content (AvgIpc) is 3.35. The molecule has 1 aliphatic heterocycles. The molecule has 1 atom stereocenters. The summed E-state index contributed by atoms with van der Waals surface area (Å²) in [6, 6.07) is -0.146. The molecule has 2 aromatic rings. The van der Waals surface area contributed by atoms with Crippen LogP contribution in [0.3, 0.4) is 0 Å². The van der Waals surface area contributed by atoms with E-state index in [0.29, 0.717) is 30.7 Å². The highest BCUT2D eigenvalue weighted by atomic mass is 28.4. The Morgan fingerprint density at radius 1 is 0.650 bits per heavy atom. The van der Waals surface area contributed by atoms with Gasteiger partial charge in [0.2, 0.25) is 0 Å². The van der Waals surface area contributed by atoms with E-state index in [1.807, 2.05) is 0 Å². The van der Waals surface area contributed by atoms with Gasteiger partial charge < -0.3 is 9.74 Å². The van der Waals surface area contributed by atoms with E-state index in [-0.39, 0.29) is 31.1 Å². The van der Waals surface area contributed by atoms with Gasteiger partial charge in [0.15, 0.2) is 8.32 Å². The van der Waals surface area contributed by atoms with Crippen LogP contribution in [0.1, 0.15) is 53.1 Å². The predicted octanol–water partition coefficient (Wildman–Crippen LogP) is 9.00. The summed E-state index contributed by atoms with van der Waals surface area (Å²) >= 11 is 0. The first-order chi connectivity index (χ1) is 18.0. The van der Waals surface area contributed by atoms with Crippen LogP contribution < -0.4 is 5.32 Å². The highest BCUT2D eigenvalue weighted by Crippen LogP contribution is 2.49. The summed E-state index contributed by atoms with van der Waals surface area (Å²) in [4.78, 5) is 0. The third-order valence-electron chi connectivity index (χ3n) is 6.87. The van der Waals surface area contributed by atoms with Crippen molar-refractivity contribution in [3.63, 3.8) is 0 Å². The third-order valence-corrected chi connectivity index (χ3v) is 9.45. The van der Waals surface area contributed by atoms with Gasteiger partial charge in [-0.2, -0.15) is 52.7 Å². The SMILES string of the molecule is CC[Si](C)(C)OC(c1cc(C(F)(F)F)cc(C(F)(F)F)c1)(c1cc(C(F)(F)F)cc(C(F)(F)F)c1)C1CCCN1. The van der Waals surface area contributed by atoms with Crippen LogP contribution in [0.4, 0.5) is 52.7 Å². The zero-order valence-corrected chi connectivity index (χ0v) is 22.3. The molecule has 1 heterocycles. The fourth-order valence-corrected chi connectivity index (χ4v) is 6.03. The molecule has 1 N–H and O–H groups in total. The standard InChI is InChI=1S/C25H25F12NOSi/c1-4-40(2,3)39-21(20-6-5-7-38-20,14-8-16(22(26,27)28)12-17(9-14)23(29,30)31)15-10-18(24(32,33)34)13-19(11-15)25(35,36)37/h8-13,20,38H,4-7H2,1-3H3. The maximum absolute atomic E-state index is 13.8. The maximum atomic E-state index is 13.8. The summed E-state index contributed by atoms with van der Waals surface area (Å²) in [6.07, 6.45) is -21.0. The molecular formula is C25H25F12NOSi. The van der Waals surface area contributed by atoms with Crippen LogP contribution in [0.25, 0.3) is 0 Å². The number of halogens is 12. The first kappa shape index (κ1) is 32.3. The molecule has 0 bridgehead atoms. The smallest absolute Gasteiger partial charge is 0.402 e. The molecule has 3 rings (SSSR count). The van der Waals surface area contributed by atoms with Crippen molar-refractivity contribution in [3.8, 4) is 0 Å². The molecular weight excluding hydrogens is 586 g/mol. The summed E-state index contributed by atoms with van der Waals surface area (Å²) in [7, 11) is -3.16. The molecule has 0 radical (unpaired) electrons. The Bertz CT molecular complexity index is 1070. The lowest BCUT2D eigenvalue weighted by atomic mass is 9.77. The van der Waals surface area contributed by atoms with Gasteiger partial charge in [-0.15, -0.1) is 0 Å². The van der Waals surface area contributed by atoms with Crippen molar-refractivity contribution >= 4 is 8.32 Å². The van der Waals surface area contributed by atoms with E-state index in [0.717, 1.165) is 0 Å². The second-order valence-electron chi connectivity index (χ2n) is 10.2. The van der Waals surface area contributed by atoms with Crippen LogP contribution in [0.5, 0.6) is 0 Å². The quantitative estimate of drug-likeness (QED) is 0.260. The molecule has 40 heavy (non-hydrogen) atoms. The van der Waals surface area contributed by atoms with Gasteiger partial charge in [0.1, 0.15) is 5.60 Å². The molecule has 1 aliphatic rings. The number of nitrogens with one attached hydrogen (secondary N) is 1. The molecule has 2 aromatic carbocycles. The van der Waals surface area contributed by atoms with E-state index in [2.05, 4.69) is 5.32 Å². The molecule has 0 aliphatic carbocycles. The number of hydrogen-bond donors (Lipinski definition) is 1.